The standard InChI is InChI=1S/C16H17ClIN/c1-10-4-5-13(8-11(10)2)12(3)19-16-7-6-14(17)9-15(16)18/h4-9,12,19H,1-3H3. The maximum atomic E-state index is 5.98. The van der Waals surface area contributed by atoms with E-state index in [1.54, 1.807) is 0 Å². The van der Waals surface area contributed by atoms with Crippen molar-refractivity contribution in [1.82, 2.24) is 0 Å². The highest BCUT2D eigenvalue weighted by Gasteiger charge is 2.08. The minimum Gasteiger partial charge on any atom is -0.378 e. The van der Waals surface area contributed by atoms with E-state index in [-0.39, 0.29) is 6.04 Å². The number of aryl methyl sites for hydroxylation is 2. The summed E-state index contributed by atoms with van der Waals surface area (Å²) in [6.07, 6.45) is 0. The Balaban J connectivity index is 2.20. The molecule has 0 amide bonds. The first-order chi connectivity index (χ1) is 8.97. The molecular formula is C16H17ClIN. The highest BCUT2D eigenvalue weighted by Crippen LogP contribution is 2.27. The minimum absolute atomic E-state index is 0.272. The largest absolute Gasteiger partial charge is 0.378 e. The Bertz CT molecular complexity index is 595. The van der Waals surface area contributed by atoms with Gasteiger partial charge in [-0.3, -0.25) is 0 Å². The molecule has 0 heterocycles. The molecule has 0 fully saturated rings. The summed E-state index contributed by atoms with van der Waals surface area (Å²) in [5.74, 6) is 0. The van der Waals surface area contributed by atoms with Gasteiger partial charge in [-0.2, -0.15) is 0 Å². The Labute approximate surface area is 133 Å². The van der Waals surface area contributed by atoms with Gasteiger partial charge in [-0.25, -0.2) is 0 Å². The van der Waals surface area contributed by atoms with Crippen LogP contribution in [0.15, 0.2) is 36.4 Å². The third kappa shape index (κ3) is 3.63. The molecule has 100 valence electrons. The van der Waals surface area contributed by atoms with Crippen LogP contribution in [-0.2, 0) is 0 Å². The molecule has 0 spiro atoms. The third-order valence-corrected chi connectivity index (χ3v) is 4.46. The van der Waals surface area contributed by atoms with Crippen molar-refractivity contribution in [3.05, 3.63) is 61.7 Å². The van der Waals surface area contributed by atoms with Gasteiger partial charge in [0.15, 0.2) is 0 Å². The highest BCUT2D eigenvalue weighted by atomic mass is 127. The fourth-order valence-electron chi connectivity index (χ4n) is 1.96. The van der Waals surface area contributed by atoms with Crippen LogP contribution < -0.4 is 5.32 Å². The van der Waals surface area contributed by atoms with Gasteiger partial charge in [0.2, 0.25) is 0 Å². The Kier molecular flexibility index (Phi) is 4.74. The van der Waals surface area contributed by atoms with Gasteiger partial charge in [0.1, 0.15) is 0 Å². The lowest BCUT2D eigenvalue weighted by Gasteiger charge is -2.18. The Morgan fingerprint density at radius 3 is 2.42 bits per heavy atom. The summed E-state index contributed by atoms with van der Waals surface area (Å²) in [4.78, 5) is 0. The van der Waals surface area contributed by atoms with Crippen molar-refractivity contribution < 1.29 is 0 Å². The summed E-state index contributed by atoms with van der Waals surface area (Å²) in [5, 5.41) is 4.31. The highest BCUT2D eigenvalue weighted by molar-refractivity contribution is 14.1. The molecule has 19 heavy (non-hydrogen) atoms. The predicted octanol–water partition coefficient (Wildman–Crippen LogP) is 5.73. The lowest BCUT2D eigenvalue weighted by molar-refractivity contribution is 0.880. The molecule has 2 aromatic carbocycles. The second kappa shape index (κ2) is 6.14. The molecule has 1 N–H and O–H groups in total. The molecule has 0 radical (unpaired) electrons. The molecule has 0 aliphatic heterocycles. The average molecular weight is 386 g/mol. The smallest absolute Gasteiger partial charge is 0.0486 e. The molecular weight excluding hydrogens is 369 g/mol. The molecule has 3 heteroatoms. The van der Waals surface area contributed by atoms with Crippen LogP contribution in [0.25, 0.3) is 0 Å². The number of nitrogens with one attached hydrogen (secondary N) is 1. The zero-order valence-electron chi connectivity index (χ0n) is 11.3. The Morgan fingerprint density at radius 1 is 1.05 bits per heavy atom. The lowest BCUT2D eigenvalue weighted by atomic mass is 10.0. The maximum Gasteiger partial charge on any atom is 0.0486 e. The number of benzene rings is 2. The van der Waals surface area contributed by atoms with E-state index in [0.29, 0.717) is 0 Å². The summed E-state index contributed by atoms with van der Waals surface area (Å²) in [7, 11) is 0. The van der Waals surface area contributed by atoms with E-state index in [1.165, 1.54) is 16.7 Å². The van der Waals surface area contributed by atoms with Crippen molar-refractivity contribution in [3.63, 3.8) is 0 Å². The quantitative estimate of drug-likeness (QED) is 0.665. The second-order valence-corrected chi connectivity index (χ2v) is 6.43. The number of hydrogen-bond donors (Lipinski definition) is 1. The molecule has 0 saturated carbocycles. The van der Waals surface area contributed by atoms with Gasteiger partial charge in [0.25, 0.3) is 0 Å². The topological polar surface area (TPSA) is 12.0 Å². The van der Waals surface area contributed by atoms with Crippen LogP contribution in [0.4, 0.5) is 5.69 Å². The van der Waals surface area contributed by atoms with Crippen LogP contribution in [0.3, 0.4) is 0 Å². The number of rotatable bonds is 3. The molecule has 1 atom stereocenters. The molecule has 0 aromatic heterocycles. The molecule has 1 unspecified atom stereocenters. The van der Waals surface area contributed by atoms with Crippen molar-refractivity contribution in [2.24, 2.45) is 0 Å². The SMILES string of the molecule is Cc1ccc(C(C)Nc2ccc(Cl)cc2I)cc1C. The van der Waals surface area contributed by atoms with Gasteiger partial charge in [0.05, 0.1) is 0 Å². The van der Waals surface area contributed by atoms with E-state index >= 15 is 0 Å². The maximum absolute atomic E-state index is 5.98. The number of halogens is 2. The van der Waals surface area contributed by atoms with Crippen molar-refractivity contribution in [2.45, 2.75) is 26.8 Å². The van der Waals surface area contributed by atoms with Crippen molar-refractivity contribution in [3.8, 4) is 0 Å². The average Bonchev–Trinajstić information content (AvgIpc) is 2.36. The van der Waals surface area contributed by atoms with Crippen molar-refractivity contribution in [2.75, 3.05) is 5.32 Å². The van der Waals surface area contributed by atoms with Gasteiger partial charge >= 0.3 is 0 Å². The Hall–Kier alpha value is -0.740. The van der Waals surface area contributed by atoms with Crippen LogP contribution >= 0.6 is 34.2 Å². The van der Waals surface area contributed by atoms with Crippen LogP contribution in [0, 0.1) is 17.4 Å². The predicted molar refractivity (Wildman–Crippen MR) is 92.1 cm³/mol. The fourth-order valence-corrected chi connectivity index (χ4v) is 2.98. The van der Waals surface area contributed by atoms with E-state index in [1.807, 2.05) is 18.2 Å². The van der Waals surface area contributed by atoms with Crippen molar-refractivity contribution in [1.29, 1.82) is 0 Å². The van der Waals surface area contributed by atoms with E-state index in [2.05, 4.69) is 66.9 Å². The summed E-state index contributed by atoms with van der Waals surface area (Å²) in [5.41, 5.74) is 5.08. The molecule has 2 aromatic rings. The second-order valence-electron chi connectivity index (χ2n) is 4.83. The molecule has 0 aliphatic rings. The van der Waals surface area contributed by atoms with E-state index < -0.39 is 0 Å². The van der Waals surface area contributed by atoms with Crippen LogP contribution in [0.5, 0.6) is 0 Å². The first-order valence-electron chi connectivity index (χ1n) is 6.26. The first kappa shape index (κ1) is 14.7. The van der Waals surface area contributed by atoms with Gasteiger partial charge in [0, 0.05) is 20.3 Å². The summed E-state index contributed by atoms with van der Waals surface area (Å²) < 4.78 is 1.14. The van der Waals surface area contributed by atoms with Crippen LogP contribution in [-0.4, -0.2) is 0 Å². The molecule has 0 aliphatic carbocycles. The lowest BCUT2D eigenvalue weighted by Crippen LogP contribution is -2.08. The first-order valence-corrected chi connectivity index (χ1v) is 7.72. The fraction of sp³-hybridized carbons (Fsp3) is 0.250. The van der Waals surface area contributed by atoms with Crippen LogP contribution in [0.1, 0.15) is 29.7 Å². The zero-order chi connectivity index (χ0) is 14.0. The van der Waals surface area contributed by atoms with E-state index in [9.17, 15) is 0 Å². The Morgan fingerprint density at radius 2 is 1.79 bits per heavy atom. The zero-order valence-corrected chi connectivity index (χ0v) is 14.2. The van der Waals surface area contributed by atoms with Crippen molar-refractivity contribution >= 4 is 39.9 Å². The minimum atomic E-state index is 0.272. The van der Waals surface area contributed by atoms with E-state index in [4.69, 9.17) is 11.6 Å². The monoisotopic (exact) mass is 385 g/mol. The third-order valence-electron chi connectivity index (χ3n) is 3.33. The van der Waals surface area contributed by atoms with Crippen LogP contribution in [0.2, 0.25) is 5.02 Å². The molecule has 0 bridgehead atoms. The molecule has 0 saturated heterocycles. The molecule has 2 rings (SSSR count). The van der Waals surface area contributed by atoms with Gasteiger partial charge in [-0.15, -0.1) is 0 Å². The van der Waals surface area contributed by atoms with Gasteiger partial charge in [-0.1, -0.05) is 29.8 Å². The summed E-state index contributed by atoms with van der Waals surface area (Å²) >= 11 is 8.28. The number of hydrogen-bond acceptors (Lipinski definition) is 1. The normalized spacial score (nSPS) is 12.3. The molecule has 1 nitrogen and oxygen atoms in total. The summed E-state index contributed by atoms with van der Waals surface area (Å²) in [6, 6.07) is 12.8. The number of anilines is 1. The van der Waals surface area contributed by atoms with Gasteiger partial charge < -0.3 is 5.32 Å². The van der Waals surface area contributed by atoms with Gasteiger partial charge in [-0.05, 0) is 78.3 Å². The summed E-state index contributed by atoms with van der Waals surface area (Å²) in [6.45, 7) is 6.46. The van der Waals surface area contributed by atoms with E-state index in [0.717, 1.165) is 14.3 Å².